The molecule has 1 N–H and O–H groups in total. The zero-order chi connectivity index (χ0) is 20.3. The lowest BCUT2D eigenvalue weighted by Gasteiger charge is -2.42. The van der Waals surface area contributed by atoms with Gasteiger partial charge in [-0.05, 0) is 29.2 Å². The third-order valence-corrected chi connectivity index (χ3v) is 5.92. The van der Waals surface area contributed by atoms with Crippen LogP contribution >= 0.6 is 0 Å². The molecule has 2 aliphatic rings. The Balaban J connectivity index is 1.23. The van der Waals surface area contributed by atoms with E-state index in [1.54, 1.807) is 0 Å². The van der Waals surface area contributed by atoms with Crippen LogP contribution in [0.15, 0.2) is 65.9 Å². The lowest BCUT2D eigenvalue weighted by Crippen LogP contribution is -2.47. The molecular weight excluding hydrogens is 370 g/mol. The van der Waals surface area contributed by atoms with Gasteiger partial charge in [-0.25, -0.2) is 4.98 Å². The minimum atomic E-state index is 0.750. The van der Waals surface area contributed by atoms with E-state index in [0.717, 1.165) is 62.7 Å². The molecule has 0 bridgehead atoms. The molecule has 1 aromatic heterocycles. The molecule has 5 nitrogen and oxygen atoms in total. The van der Waals surface area contributed by atoms with Crippen molar-refractivity contribution in [2.24, 2.45) is 0 Å². The Hall–Kier alpha value is -3.07. The van der Waals surface area contributed by atoms with Crippen molar-refractivity contribution < 1.29 is 0 Å². The van der Waals surface area contributed by atoms with E-state index in [1.807, 2.05) is 24.3 Å². The number of nitrogens with zero attached hydrogens (tertiary/aromatic N) is 4. The van der Waals surface area contributed by atoms with E-state index in [4.69, 9.17) is 0 Å². The number of aromatic amines is 1. The molecule has 3 aromatic rings. The van der Waals surface area contributed by atoms with Gasteiger partial charge in [-0.2, -0.15) is 0 Å². The van der Waals surface area contributed by atoms with Gasteiger partial charge in [-0.1, -0.05) is 48.4 Å². The summed E-state index contributed by atoms with van der Waals surface area (Å²) >= 11 is 0. The number of fused-ring (bicyclic) bond motifs is 1. The van der Waals surface area contributed by atoms with Gasteiger partial charge >= 0.3 is 0 Å². The van der Waals surface area contributed by atoms with Crippen molar-refractivity contribution in [3.05, 3.63) is 77.3 Å². The molecule has 0 atom stereocenters. The highest BCUT2D eigenvalue weighted by Crippen LogP contribution is 2.26. The van der Waals surface area contributed by atoms with Crippen molar-refractivity contribution in [3.63, 3.8) is 0 Å². The Morgan fingerprint density at radius 3 is 2.67 bits per heavy atom. The number of imidazole rings is 1. The van der Waals surface area contributed by atoms with Gasteiger partial charge in [0.25, 0.3) is 0 Å². The van der Waals surface area contributed by atoms with Crippen molar-refractivity contribution in [1.82, 2.24) is 24.7 Å². The summed E-state index contributed by atoms with van der Waals surface area (Å²) in [5, 5.41) is 0. The molecule has 2 aliphatic heterocycles. The Labute approximate surface area is 178 Å². The molecule has 0 unspecified atom stereocenters. The van der Waals surface area contributed by atoms with Crippen LogP contribution in [0.3, 0.4) is 0 Å². The normalized spacial score (nSPS) is 17.7. The Bertz CT molecular complexity index is 1090. The molecule has 0 saturated carbocycles. The first-order chi connectivity index (χ1) is 14.7. The van der Waals surface area contributed by atoms with Crippen LogP contribution in [0.2, 0.25) is 0 Å². The summed E-state index contributed by atoms with van der Waals surface area (Å²) in [6, 6.07) is 18.8. The lowest BCUT2D eigenvalue weighted by atomic mass is 10.0. The molecule has 2 aromatic carbocycles. The van der Waals surface area contributed by atoms with Crippen LogP contribution in [-0.2, 0) is 6.54 Å². The van der Waals surface area contributed by atoms with Gasteiger partial charge in [-0.3, -0.25) is 9.80 Å². The standard InChI is InChI=1S/C25H27N5/c1-28-19-30(16-20-8-3-2-4-9-20)18-21-17-29(15-13-24(21)28)14-7-12-25-26-22-10-5-6-11-23(22)27-25/h2-6,8-11H,13-19H2,1H3,(H,26,27). The highest BCUT2D eigenvalue weighted by atomic mass is 15.3. The van der Waals surface area contributed by atoms with Crippen LogP contribution in [0, 0.1) is 11.8 Å². The summed E-state index contributed by atoms with van der Waals surface area (Å²) in [6.45, 7) is 5.88. The molecule has 0 saturated heterocycles. The van der Waals surface area contributed by atoms with Gasteiger partial charge in [0.05, 0.1) is 24.2 Å². The number of benzene rings is 2. The molecule has 5 rings (SSSR count). The Morgan fingerprint density at radius 1 is 1.00 bits per heavy atom. The highest BCUT2D eigenvalue weighted by molar-refractivity contribution is 5.75. The second kappa shape index (κ2) is 8.35. The van der Waals surface area contributed by atoms with E-state index in [-0.39, 0.29) is 0 Å². The monoisotopic (exact) mass is 397 g/mol. The minimum absolute atomic E-state index is 0.750. The quantitative estimate of drug-likeness (QED) is 0.689. The van der Waals surface area contributed by atoms with Gasteiger partial charge < -0.3 is 9.88 Å². The molecular formula is C25H27N5. The number of hydrogen-bond acceptors (Lipinski definition) is 4. The molecule has 152 valence electrons. The van der Waals surface area contributed by atoms with Crippen LogP contribution in [0.4, 0.5) is 0 Å². The molecule has 30 heavy (non-hydrogen) atoms. The second-order valence-electron chi connectivity index (χ2n) is 8.23. The zero-order valence-electron chi connectivity index (χ0n) is 17.4. The summed E-state index contributed by atoms with van der Waals surface area (Å²) in [7, 11) is 2.23. The number of nitrogens with one attached hydrogen (secondary N) is 1. The average molecular weight is 398 g/mol. The first kappa shape index (κ1) is 18.9. The third-order valence-electron chi connectivity index (χ3n) is 5.92. The van der Waals surface area contributed by atoms with Crippen molar-refractivity contribution in [1.29, 1.82) is 0 Å². The van der Waals surface area contributed by atoms with Crippen molar-refractivity contribution in [2.75, 3.05) is 39.9 Å². The molecule has 0 radical (unpaired) electrons. The molecule has 0 fully saturated rings. The fourth-order valence-corrected chi connectivity index (χ4v) is 4.52. The predicted molar refractivity (Wildman–Crippen MR) is 121 cm³/mol. The van der Waals surface area contributed by atoms with Crippen LogP contribution in [-0.4, -0.2) is 64.6 Å². The van der Waals surface area contributed by atoms with Crippen molar-refractivity contribution in [2.45, 2.75) is 13.0 Å². The number of H-pyrrole nitrogens is 1. The van der Waals surface area contributed by atoms with E-state index in [0.29, 0.717) is 0 Å². The third kappa shape index (κ3) is 4.11. The van der Waals surface area contributed by atoms with Gasteiger partial charge in [0, 0.05) is 45.3 Å². The van der Waals surface area contributed by atoms with E-state index in [1.165, 1.54) is 16.8 Å². The number of rotatable bonds is 3. The van der Waals surface area contributed by atoms with Crippen molar-refractivity contribution >= 4 is 11.0 Å². The van der Waals surface area contributed by atoms with E-state index < -0.39 is 0 Å². The molecule has 5 heteroatoms. The summed E-state index contributed by atoms with van der Waals surface area (Å²) in [4.78, 5) is 15.2. The van der Waals surface area contributed by atoms with Crippen LogP contribution in [0.1, 0.15) is 17.8 Å². The fraction of sp³-hybridized carbons (Fsp3) is 0.320. The molecule has 0 spiro atoms. The summed E-state index contributed by atoms with van der Waals surface area (Å²) in [5.74, 6) is 7.28. The first-order valence-electron chi connectivity index (χ1n) is 10.6. The maximum atomic E-state index is 4.55. The number of aromatic nitrogens is 2. The SMILES string of the molecule is CN1CN(Cc2ccccc2)CC2=C1CCN(CC#Cc1nc3ccccc3[nH]1)C2. The van der Waals surface area contributed by atoms with Crippen molar-refractivity contribution in [3.8, 4) is 11.8 Å². The second-order valence-corrected chi connectivity index (χ2v) is 8.23. The predicted octanol–water partition coefficient (Wildman–Crippen LogP) is 3.28. The largest absolute Gasteiger partial charge is 0.365 e. The number of hydrogen-bond donors (Lipinski definition) is 1. The topological polar surface area (TPSA) is 38.4 Å². The maximum Gasteiger partial charge on any atom is 0.183 e. The van der Waals surface area contributed by atoms with E-state index in [9.17, 15) is 0 Å². The van der Waals surface area contributed by atoms with E-state index >= 15 is 0 Å². The van der Waals surface area contributed by atoms with Gasteiger partial charge in [0.15, 0.2) is 5.82 Å². The smallest absolute Gasteiger partial charge is 0.183 e. The Morgan fingerprint density at radius 2 is 1.80 bits per heavy atom. The molecule has 0 aliphatic carbocycles. The summed E-state index contributed by atoms with van der Waals surface area (Å²) in [6.07, 6.45) is 1.11. The lowest BCUT2D eigenvalue weighted by molar-refractivity contribution is 0.137. The fourth-order valence-electron chi connectivity index (χ4n) is 4.52. The number of para-hydroxylation sites is 2. The average Bonchev–Trinajstić information content (AvgIpc) is 3.17. The van der Waals surface area contributed by atoms with E-state index in [2.05, 4.69) is 73.9 Å². The van der Waals surface area contributed by atoms with Gasteiger partial charge in [-0.15, -0.1) is 0 Å². The Kier molecular flexibility index (Phi) is 5.27. The summed E-state index contributed by atoms with van der Waals surface area (Å²) in [5.41, 5.74) is 6.45. The highest BCUT2D eigenvalue weighted by Gasteiger charge is 2.27. The molecule has 0 amide bonds. The maximum absolute atomic E-state index is 4.55. The van der Waals surface area contributed by atoms with Crippen LogP contribution < -0.4 is 0 Å². The molecule has 3 heterocycles. The van der Waals surface area contributed by atoms with Gasteiger partial charge in [0.1, 0.15) is 0 Å². The van der Waals surface area contributed by atoms with Crippen LogP contribution in [0.5, 0.6) is 0 Å². The zero-order valence-corrected chi connectivity index (χ0v) is 17.4. The van der Waals surface area contributed by atoms with Crippen LogP contribution in [0.25, 0.3) is 11.0 Å². The minimum Gasteiger partial charge on any atom is -0.365 e. The first-order valence-corrected chi connectivity index (χ1v) is 10.6. The van der Waals surface area contributed by atoms with Gasteiger partial charge in [0.2, 0.25) is 0 Å². The summed E-state index contributed by atoms with van der Waals surface area (Å²) < 4.78 is 0.